The number of nitrogens with one attached hydrogen (secondary N) is 2. The summed E-state index contributed by atoms with van der Waals surface area (Å²) in [5.41, 5.74) is 0.750. The molecule has 140 valence electrons. The molecule has 5 N–H and O–H groups in total. The lowest BCUT2D eigenvalue weighted by molar-refractivity contribution is -0.0260. The molecule has 1 aliphatic rings. The molecule has 8 heteroatoms. The van der Waals surface area contributed by atoms with Crippen molar-refractivity contribution in [2.24, 2.45) is 5.92 Å². The van der Waals surface area contributed by atoms with Crippen molar-refractivity contribution < 1.29 is 24.8 Å². The van der Waals surface area contributed by atoms with Gasteiger partial charge in [-0.1, -0.05) is 13.8 Å². The Bertz CT molecular complexity index is 554. The lowest BCUT2D eigenvalue weighted by atomic mass is 10.1. The molecule has 4 atom stereocenters. The summed E-state index contributed by atoms with van der Waals surface area (Å²) in [6, 6.07) is 7.35. The molecule has 1 aromatic carbocycles. The normalized spacial score (nSPS) is 25.8. The molecule has 0 spiro atoms. The molecule has 25 heavy (non-hydrogen) atoms. The maximum Gasteiger partial charge on any atom is 0.172 e. The highest BCUT2D eigenvalue weighted by Crippen LogP contribution is 2.20. The van der Waals surface area contributed by atoms with Crippen LogP contribution in [0.4, 0.5) is 5.69 Å². The first-order valence-electron chi connectivity index (χ1n) is 8.33. The van der Waals surface area contributed by atoms with Crippen LogP contribution in [0.2, 0.25) is 0 Å². The van der Waals surface area contributed by atoms with Gasteiger partial charge in [0.1, 0.15) is 24.1 Å². The monoisotopic (exact) mass is 370 g/mol. The second kappa shape index (κ2) is 9.30. The van der Waals surface area contributed by atoms with Gasteiger partial charge < -0.3 is 35.4 Å². The van der Waals surface area contributed by atoms with Gasteiger partial charge in [0.15, 0.2) is 11.3 Å². The van der Waals surface area contributed by atoms with E-state index in [4.69, 9.17) is 26.8 Å². The summed E-state index contributed by atoms with van der Waals surface area (Å²) in [6.07, 6.45) is -3.05. The number of aliphatic hydroxyl groups excluding tert-OH is 3. The van der Waals surface area contributed by atoms with Gasteiger partial charge in [0.05, 0.1) is 13.2 Å². The fraction of sp³-hybridized carbons (Fsp3) is 0.588. The number of hydrogen-bond donors (Lipinski definition) is 5. The van der Waals surface area contributed by atoms with Crippen molar-refractivity contribution in [1.82, 2.24) is 5.32 Å². The molecule has 1 saturated heterocycles. The van der Waals surface area contributed by atoms with Crippen LogP contribution in [-0.4, -0.2) is 58.2 Å². The summed E-state index contributed by atoms with van der Waals surface area (Å²) in [7, 11) is 0. The maximum absolute atomic E-state index is 9.88. The number of anilines is 1. The second-order valence-corrected chi connectivity index (χ2v) is 6.82. The van der Waals surface area contributed by atoms with Crippen LogP contribution >= 0.6 is 12.2 Å². The summed E-state index contributed by atoms with van der Waals surface area (Å²) in [5, 5.41) is 34.7. The minimum Gasteiger partial charge on any atom is -0.494 e. The van der Waals surface area contributed by atoms with E-state index < -0.39 is 24.5 Å². The Morgan fingerprint density at radius 1 is 1.24 bits per heavy atom. The lowest BCUT2D eigenvalue weighted by Gasteiger charge is -2.19. The van der Waals surface area contributed by atoms with Crippen molar-refractivity contribution in [3.63, 3.8) is 0 Å². The van der Waals surface area contributed by atoms with Crippen LogP contribution in [-0.2, 0) is 4.74 Å². The molecule has 7 nitrogen and oxygen atoms in total. The largest absolute Gasteiger partial charge is 0.494 e. The molecule has 0 saturated carbocycles. The smallest absolute Gasteiger partial charge is 0.172 e. The number of benzene rings is 1. The van der Waals surface area contributed by atoms with Crippen LogP contribution in [0.15, 0.2) is 24.3 Å². The molecular weight excluding hydrogens is 344 g/mol. The number of hydrogen-bond acceptors (Lipinski definition) is 6. The van der Waals surface area contributed by atoms with Crippen LogP contribution < -0.4 is 15.4 Å². The minimum absolute atomic E-state index is 0.239. The lowest BCUT2D eigenvalue weighted by Crippen LogP contribution is -2.45. The number of ether oxygens (including phenoxy) is 2. The molecule has 1 fully saturated rings. The minimum atomic E-state index is -1.17. The Kier molecular flexibility index (Phi) is 7.39. The summed E-state index contributed by atoms with van der Waals surface area (Å²) in [4.78, 5) is 0. The van der Waals surface area contributed by atoms with Gasteiger partial charge in [0, 0.05) is 5.69 Å². The van der Waals surface area contributed by atoms with Gasteiger partial charge in [-0.05, 0) is 48.8 Å². The van der Waals surface area contributed by atoms with E-state index in [9.17, 15) is 10.2 Å². The van der Waals surface area contributed by atoms with Crippen molar-refractivity contribution in [3.8, 4) is 5.75 Å². The summed E-state index contributed by atoms with van der Waals surface area (Å²) in [5.74, 6) is 1.38. The third-order valence-corrected chi connectivity index (χ3v) is 4.11. The van der Waals surface area contributed by atoms with E-state index in [1.165, 1.54) is 0 Å². The fourth-order valence-corrected chi connectivity index (χ4v) is 2.60. The topological polar surface area (TPSA) is 103 Å². The Hall–Kier alpha value is -1.45. The van der Waals surface area contributed by atoms with Gasteiger partial charge in [-0.25, -0.2) is 0 Å². The van der Waals surface area contributed by atoms with Crippen LogP contribution in [0.25, 0.3) is 0 Å². The predicted molar refractivity (Wildman–Crippen MR) is 98.5 cm³/mol. The van der Waals surface area contributed by atoms with Gasteiger partial charge in [-0.15, -0.1) is 0 Å². The van der Waals surface area contributed by atoms with Gasteiger partial charge in [-0.2, -0.15) is 0 Å². The summed E-state index contributed by atoms with van der Waals surface area (Å²) in [6.45, 7) is 4.60. The first kappa shape index (κ1) is 19.9. The highest BCUT2D eigenvalue weighted by Gasteiger charge is 2.42. The van der Waals surface area contributed by atoms with Gasteiger partial charge in [0.25, 0.3) is 0 Å². The Labute approximate surface area is 153 Å². The van der Waals surface area contributed by atoms with E-state index in [-0.39, 0.29) is 11.7 Å². The molecule has 2 rings (SSSR count). The fourth-order valence-electron chi connectivity index (χ4n) is 2.36. The van der Waals surface area contributed by atoms with E-state index in [0.29, 0.717) is 12.5 Å². The zero-order valence-electron chi connectivity index (χ0n) is 14.4. The number of aliphatic hydroxyl groups is 3. The summed E-state index contributed by atoms with van der Waals surface area (Å²) >= 11 is 5.18. The van der Waals surface area contributed by atoms with E-state index in [1.54, 1.807) is 0 Å². The molecule has 1 aromatic rings. The van der Waals surface area contributed by atoms with Crippen LogP contribution in [0.3, 0.4) is 0 Å². The van der Waals surface area contributed by atoms with E-state index in [2.05, 4.69) is 24.5 Å². The Morgan fingerprint density at radius 3 is 2.48 bits per heavy atom. The molecule has 0 radical (unpaired) electrons. The third kappa shape index (κ3) is 5.79. The second-order valence-electron chi connectivity index (χ2n) is 6.41. The zero-order chi connectivity index (χ0) is 18.4. The molecule has 0 aromatic heterocycles. The molecular formula is C17H26N2O5S. The van der Waals surface area contributed by atoms with Crippen molar-refractivity contribution in [2.45, 2.75) is 44.8 Å². The Morgan fingerprint density at radius 2 is 1.92 bits per heavy atom. The molecule has 1 unspecified atom stereocenters. The molecule has 1 heterocycles. The summed E-state index contributed by atoms with van der Waals surface area (Å²) < 4.78 is 11.0. The van der Waals surface area contributed by atoms with Gasteiger partial charge in [0.2, 0.25) is 0 Å². The Balaban J connectivity index is 1.80. The third-order valence-electron chi connectivity index (χ3n) is 3.89. The predicted octanol–water partition coefficient (Wildman–Crippen LogP) is 0.837. The first-order valence-corrected chi connectivity index (χ1v) is 8.74. The first-order chi connectivity index (χ1) is 11.9. The molecule has 1 aliphatic heterocycles. The molecule has 0 aliphatic carbocycles. The van der Waals surface area contributed by atoms with E-state index >= 15 is 0 Å². The van der Waals surface area contributed by atoms with Crippen molar-refractivity contribution in [2.75, 3.05) is 18.5 Å². The highest BCUT2D eigenvalue weighted by atomic mass is 32.1. The van der Waals surface area contributed by atoms with Crippen molar-refractivity contribution in [3.05, 3.63) is 24.3 Å². The molecule has 0 bridgehead atoms. The molecule has 0 amide bonds. The number of thiocarbonyl (C=S) groups is 1. The zero-order valence-corrected chi connectivity index (χ0v) is 15.2. The van der Waals surface area contributed by atoms with Crippen LogP contribution in [0.1, 0.15) is 20.3 Å². The van der Waals surface area contributed by atoms with Crippen molar-refractivity contribution >= 4 is 23.0 Å². The average Bonchev–Trinajstić information content (AvgIpc) is 2.84. The van der Waals surface area contributed by atoms with Crippen molar-refractivity contribution in [1.29, 1.82) is 0 Å². The van der Waals surface area contributed by atoms with E-state index in [1.807, 2.05) is 24.3 Å². The van der Waals surface area contributed by atoms with Gasteiger partial charge >= 0.3 is 0 Å². The van der Waals surface area contributed by atoms with Crippen LogP contribution in [0.5, 0.6) is 5.75 Å². The average molecular weight is 370 g/mol. The maximum atomic E-state index is 9.88. The van der Waals surface area contributed by atoms with Crippen LogP contribution in [0, 0.1) is 5.92 Å². The quantitative estimate of drug-likeness (QED) is 0.450. The highest BCUT2D eigenvalue weighted by molar-refractivity contribution is 7.80. The number of rotatable bonds is 7. The SMILES string of the molecule is CC(C)CCOc1ccc(NC(=S)NC2O[C@H](CO)[C@H](O)[C@H]2O)cc1. The van der Waals surface area contributed by atoms with Gasteiger partial charge in [-0.3, -0.25) is 0 Å². The standard InChI is InChI=1S/C17H26N2O5S/c1-10(2)7-8-23-12-5-3-11(4-6-12)18-17(25)19-16-15(22)14(21)13(9-20)24-16/h3-6,10,13-16,20-22H,7-9H2,1-2H3,(H2,18,19,25)/t13-,14+,15-,16?/m1/s1. The van der Waals surface area contributed by atoms with E-state index in [0.717, 1.165) is 17.9 Å².